The maximum absolute atomic E-state index is 5.91. The Morgan fingerprint density at radius 2 is 2.26 bits per heavy atom. The van der Waals surface area contributed by atoms with Gasteiger partial charge >= 0.3 is 0 Å². The fourth-order valence-electron chi connectivity index (χ4n) is 2.74. The second-order valence-electron chi connectivity index (χ2n) is 4.98. The number of anilines is 1. The molecular formula is C15H19N3S. The van der Waals surface area contributed by atoms with E-state index in [1.165, 1.54) is 29.0 Å². The molecule has 2 aromatic rings. The molecule has 0 saturated carbocycles. The van der Waals surface area contributed by atoms with Crippen LogP contribution in [0.15, 0.2) is 30.5 Å². The highest BCUT2D eigenvalue weighted by Gasteiger charge is 2.23. The Kier molecular flexibility index (Phi) is 3.62. The monoisotopic (exact) mass is 273 g/mol. The lowest BCUT2D eigenvalue weighted by molar-refractivity contribution is 0.698. The first-order valence-corrected chi connectivity index (χ1v) is 7.84. The van der Waals surface area contributed by atoms with E-state index in [2.05, 4.69) is 35.1 Å². The number of rotatable bonds is 3. The van der Waals surface area contributed by atoms with Crippen molar-refractivity contribution in [1.82, 2.24) is 4.98 Å². The molecule has 1 fully saturated rings. The van der Waals surface area contributed by atoms with Crippen molar-refractivity contribution in [2.24, 2.45) is 5.73 Å². The molecule has 100 valence electrons. The van der Waals surface area contributed by atoms with Gasteiger partial charge in [0.2, 0.25) is 0 Å². The summed E-state index contributed by atoms with van der Waals surface area (Å²) in [6.45, 7) is 0.539. The van der Waals surface area contributed by atoms with Crippen LogP contribution in [0, 0.1) is 0 Å². The van der Waals surface area contributed by atoms with E-state index >= 15 is 0 Å². The number of hydrogen-bond donors (Lipinski definition) is 1. The van der Waals surface area contributed by atoms with Gasteiger partial charge in [-0.2, -0.15) is 11.8 Å². The van der Waals surface area contributed by atoms with Gasteiger partial charge in [-0.05, 0) is 18.2 Å². The van der Waals surface area contributed by atoms with Crippen molar-refractivity contribution in [3.05, 3.63) is 36.0 Å². The topological polar surface area (TPSA) is 42.1 Å². The summed E-state index contributed by atoms with van der Waals surface area (Å²) in [4.78, 5) is 6.92. The van der Waals surface area contributed by atoms with Crippen LogP contribution in [0.3, 0.4) is 0 Å². The lowest BCUT2D eigenvalue weighted by Crippen LogP contribution is -2.32. The molecule has 3 nitrogen and oxygen atoms in total. The summed E-state index contributed by atoms with van der Waals surface area (Å²) in [5, 5.41) is 1.21. The fourth-order valence-corrected chi connectivity index (χ4v) is 4.01. The highest BCUT2D eigenvalue weighted by atomic mass is 32.2. The molecule has 1 aliphatic rings. The molecule has 0 amide bonds. The van der Waals surface area contributed by atoms with Gasteiger partial charge in [0, 0.05) is 42.5 Å². The van der Waals surface area contributed by atoms with Crippen LogP contribution in [0.5, 0.6) is 0 Å². The Morgan fingerprint density at radius 1 is 1.42 bits per heavy atom. The smallest absolute Gasteiger partial charge is 0.0723 e. The molecule has 1 aromatic carbocycles. The molecule has 1 unspecified atom stereocenters. The van der Waals surface area contributed by atoms with Crippen LogP contribution in [0.25, 0.3) is 10.9 Å². The highest BCUT2D eigenvalue weighted by molar-refractivity contribution is 7.99. The van der Waals surface area contributed by atoms with Crippen LogP contribution in [0.2, 0.25) is 0 Å². The van der Waals surface area contributed by atoms with Gasteiger partial charge < -0.3 is 10.6 Å². The Labute approximate surface area is 118 Å². The Balaban J connectivity index is 2.13. The number of para-hydroxylation sites is 1. The quantitative estimate of drug-likeness (QED) is 0.933. The molecule has 1 saturated heterocycles. The zero-order chi connectivity index (χ0) is 13.2. The third kappa shape index (κ3) is 2.30. The zero-order valence-electron chi connectivity index (χ0n) is 11.2. The number of nitrogens with zero attached hydrogens (tertiary/aromatic N) is 2. The number of hydrogen-bond acceptors (Lipinski definition) is 4. The summed E-state index contributed by atoms with van der Waals surface area (Å²) in [5.41, 5.74) is 9.36. The van der Waals surface area contributed by atoms with Crippen molar-refractivity contribution in [2.75, 3.05) is 23.5 Å². The maximum Gasteiger partial charge on any atom is 0.0723 e. The minimum atomic E-state index is 0.539. The first kappa shape index (κ1) is 12.8. The van der Waals surface area contributed by atoms with Crippen molar-refractivity contribution in [2.45, 2.75) is 19.0 Å². The molecular weight excluding hydrogens is 254 g/mol. The van der Waals surface area contributed by atoms with Gasteiger partial charge in [-0.15, -0.1) is 0 Å². The van der Waals surface area contributed by atoms with Crippen LogP contribution in [0.4, 0.5) is 5.69 Å². The Hall–Kier alpha value is -1.26. The lowest BCUT2D eigenvalue weighted by Gasteiger charge is -2.29. The predicted octanol–water partition coefficient (Wildman–Crippen LogP) is 2.64. The SMILES string of the molecule is CN(c1c(CN)cnc2ccccc12)C1CCSC1. The van der Waals surface area contributed by atoms with Gasteiger partial charge in [-0.1, -0.05) is 18.2 Å². The van der Waals surface area contributed by atoms with E-state index in [0.717, 1.165) is 11.1 Å². The fraction of sp³-hybridized carbons (Fsp3) is 0.400. The van der Waals surface area contributed by atoms with E-state index in [1.54, 1.807) is 0 Å². The predicted molar refractivity (Wildman–Crippen MR) is 83.8 cm³/mol. The van der Waals surface area contributed by atoms with Crippen molar-refractivity contribution in [1.29, 1.82) is 0 Å². The number of benzene rings is 1. The van der Waals surface area contributed by atoms with Crippen LogP contribution in [-0.2, 0) is 6.54 Å². The van der Waals surface area contributed by atoms with E-state index in [4.69, 9.17) is 5.73 Å². The Morgan fingerprint density at radius 3 is 3.00 bits per heavy atom. The molecule has 0 bridgehead atoms. The van der Waals surface area contributed by atoms with Crippen molar-refractivity contribution < 1.29 is 0 Å². The van der Waals surface area contributed by atoms with Crippen molar-refractivity contribution >= 4 is 28.4 Å². The largest absolute Gasteiger partial charge is 0.370 e. The van der Waals surface area contributed by atoms with E-state index < -0.39 is 0 Å². The van der Waals surface area contributed by atoms with Crippen molar-refractivity contribution in [3.8, 4) is 0 Å². The first-order chi connectivity index (χ1) is 9.31. The van der Waals surface area contributed by atoms with Crippen LogP contribution in [-0.4, -0.2) is 29.6 Å². The van der Waals surface area contributed by atoms with Crippen molar-refractivity contribution in [3.63, 3.8) is 0 Å². The highest BCUT2D eigenvalue weighted by Crippen LogP contribution is 2.33. The molecule has 0 radical (unpaired) electrons. The minimum Gasteiger partial charge on any atom is -0.370 e. The third-order valence-electron chi connectivity index (χ3n) is 3.85. The third-order valence-corrected chi connectivity index (χ3v) is 4.99. The van der Waals surface area contributed by atoms with Crippen LogP contribution >= 0.6 is 11.8 Å². The number of aromatic nitrogens is 1. The van der Waals surface area contributed by atoms with E-state index in [9.17, 15) is 0 Å². The lowest BCUT2D eigenvalue weighted by atomic mass is 10.1. The van der Waals surface area contributed by atoms with E-state index in [1.807, 2.05) is 24.0 Å². The summed E-state index contributed by atoms with van der Waals surface area (Å²) in [6.07, 6.45) is 3.18. The van der Waals surface area contributed by atoms with E-state index in [0.29, 0.717) is 12.6 Å². The zero-order valence-corrected chi connectivity index (χ0v) is 12.0. The molecule has 1 aromatic heterocycles. The summed E-state index contributed by atoms with van der Waals surface area (Å²) in [5.74, 6) is 2.47. The summed E-state index contributed by atoms with van der Waals surface area (Å²) >= 11 is 2.04. The number of nitrogens with two attached hydrogens (primary N) is 1. The number of thioether (sulfide) groups is 1. The van der Waals surface area contributed by atoms with Gasteiger partial charge in [0.15, 0.2) is 0 Å². The maximum atomic E-state index is 5.91. The summed E-state index contributed by atoms with van der Waals surface area (Å²) < 4.78 is 0. The molecule has 0 spiro atoms. The summed E-state index contributed by atoms with van der Waals surface area (Å²) in [7, 11) is 2.19. The molecule has 2 heterocycles. The minimum absolute atomic E-state index is 0.539. The molecule has 1 aliphatic heterocycles. The molecule has 1 atom stereocenters. The summed E-state index contributed by atoms with van der Waals surface area (Å²) in [6, 6.07) is 8.94. The van der Waals surface area contributed by atoms with Crippen LogP contribution in [0.1, 0.15) is 12.0 Å². The molecule has 3 rings (SSSR count). The second-order valence-corrected chi connectivity index (χ2v) is 6.13. The number of pyridine rings is 1. The van der Waals surface area contributed by atoms with Gasteiger partial charge in [0.1, 0.15) is 0 Å². The normalized spacial score (nSPS) is 18.9. The molecule has 0 aliphatic carbocycles. The average molecular weight is 273 g/mol. The van der Waals surface area contributed by atoms with Crippen LogP contribution < -0.4 is 10.6 Å². The average Bonchev–Trinajstić information content (AvgIpc) is 2.99. The second kappa shape index (κ2) is 5.39. The Bertz CT molecular complexity index is 579. The van der Waals surface area contributed by atoms with Gasteiger partial charge in [-0.25, -0.2) is 0 Å². The standard InChI is InChI=1S/C15H19N3S/c1-18(12-6-7-19-10-12)15-11(8-16)9-17-14-5-3-2-4-13(14)15/h2-5,9,12H,6-8,10,16H2,1H3. The van der Waals surface area contributed by atoms with E-state index in [-0.39, 0.29) is 0 Å². The number of fused-ring (bicyclic) bond motifs is 1. The molecule has 2 N–H and O–H groups in total. The molecule has 4 heteroatoms. The van der Waals surface area contributed by atoms with Gasteiger partial charge in [-0.3, -0.25) is 4.98 Å². The molecule has 19 heavy (non-hydrogen) atoms. The van der Waals surface area contributed by atoms with Gasteiger partial charge in [0.25, 0.3) is 0 Å². The van der Waals surface area contributed by atoms with Gasteiger partial charge in [0.05, 0.1) is 11.2 Å². The first-order valence-electron chi connectivity index (χ1n) is 6.68.